The fraction of sp³-hybridized carbons (Fsp3) is 0.588. The Morgan fingerprint density at radius 1 is 0.935 bits per heavy atom. The molecule has 1 aliphatic heterocycles. The van der Waals surface area contributed by atoms with E-state index in [-0.39, 0.29) is 44.0 Å². The van der Waals surface area contributed by atoms with Gasteiger partial charge in [-0.3, -0.25) is 4.90 Å². The third kappa shape index (κ3) is 6.80. The molecule has 1 aromatic rings. The normalized spacial score (nSPS) is 16.5. The Bertz CT molecular complexity index is 756. The molecular formula is C17H17F9N2O3. The number of methoxy groups -OCH3 is 1. The van der Waals surface area contributed by atoms with E-state index in [1.54, 1.807) is 4.90 Å². The van der Waals surface area contributed by atoms with E-state index in [1.165, 1.54) is 13.2 Å². The average Bonchev–Trinajstić information content (AvgIpc) is 2.63. The van der Waals surface area contributed by atoms with Crippen molar-refractivity contribution in [3.63, 3.8) is 0 Å². The highest BCUT2D eigenvalue weighted by Gasteiger charge is 2.60. The zero-order valence-electron chi connectivity index (χ0n) is 15.9. The lowest BCUT2D eigenvalue weighted by Gasteiger charge is -2.35. The van der Waals surface area contributed by atoms with Gasteiger partial charge in [-0.1, -0.05) is 0 Å². The van der Waals surface area contributed by atoms with Crippen LogP contribution in [0.4, 0.5) is 44.3 Å². The van der Waals surface area contributed by atoms with E-state index in [1.807, 2.05) is 0 Å². The van der Waals surface area contributed by atoms with E-state index in [2.05, 4.69) is 4.74 Å². The summed E-state index contributed by atoms with van der Waals surface area (Å²) in [5.41, 5.74) is -0.702. The van der Waals surface area contributed by atoms with Crippen LogP contribution in [0.15, 0.2) is 18.2 Å². The Balaban J connectivity index is 1.99. The molecule has 1 fully saturated rings. The molecule has 1 amide bonds. The Labute approximate surface area is 170 Å². The van der Waals surface area contributed by atoms with Gasteiger partial charge in [0.25, 0.3) is 6.10 Å². The molecule has 5 nitrogen and oxygen atoms in total. The van der Waals surface area contributed by atoms with Crippen LogP contribution in [-0.4, -0.2) is 67.6 Å². The number of carbonyl (C=O) groups excluding carboxylic acids is 1. The second kappa shape index (κ2) is 9.01. The van der Waals surface area contributed by atoms with Gasteiger partial charge in [-0.05, 0) is 23.8 Å². The summed E-state index contributed by atoms with van der Waals surface area (Å²) in [6, 6.07) is 3.09. The predicted octanol–water partition coefficient (Wildman–Crippen LogP) is 4.46. The lowest BCUT2D eigenvalue weighted by molar-refractivity contribution is -0.308. The van der Waals surface area contributed by atoms with Crippen molar-refractivity contribution >= 4 is 6.09 Å². The molecule has 0 atom stereocenters. The Morgan fingerprint density at radius 3 is 1.94 bits per heavy atom. The van der Waals surface area contributed by atoms with Crippen LogP contribution in [-0.2, 0) is 17.5 Å². The van der Waals surface area contributed by atoms with Crippen LogP contribution in [0, 0.1) is 0 Å². The number of amides is 1. The summed E-state index contributed by atoms with van der Waals surface area (Å²) in [7, 11) is 1.19. The number of piperazine rings is 1. The fourth-order valence-corrected chi connectivity index (χ4v) is 2.87. The number of nitrogens with zero attached hydrogens (tertiary/aromatic N) is 2. The minimum Gasteiger partial charge on any atom is -0.497 e. The first kappa shape index (κ1) is 24.9. The molecule has 1 aromatic carbocycles. The first-order valence-electron chi connectivity index (χ1n) is 8.67. The third-order valence-corrected chi connectivity index (χ3v) is 4.38. The summed E-state index contributed by atoms with van der Waals surface area (Å²) in [4.78, 5) is 14.0. The van der Waals surface area contributed by atoms with Gasteiger partial charge < -0.3 is 14.4 Å². The number of benzene rings is 1. The SMILES string of the molecule is COc1cc(CN2CCN(C(=O)OC(C(F)(F)F)C(F)(F)F)CC2)cc(C(F)(F)F)c1. The summed E-state index contributed by atoms with van der Waals surface area (Å²) in [5, 5.41) is 0. The van der Waals surface area contributed by atoms with Crippen molar-refractivity contribution in [1.29, 1.82) is 0 Å². The van der Waals surface area contributed by atoms with Crippen molar-refractivity contribution in [2.45, 2.75) is 31.2 Å². The van der Waals surface area contributed by atoms with Gasteiger partial charge in [-0.2, -0.15) is 39.5 Å². The Morgan fingerprint density at radius 2 is 1.48 bits per heavy atom. The standard InChI is InChI=1S/C17H17F9N2O3/c1-30-12-7-10(6-11(8-12)15(18,19)20)9-27-2-4-28(5-3-27)14(29)31-13(16(21,22)23)17(24,25)26/h6-8,13H,2-5,9H2,1H3. The van der Waals surface area contributed by atoms with Crippen LogP contribution in [0.2, 0.25) is 0 Å². The van der Waals surface area contributed by atoms with E-state index in [9.17, 15) is 44.3 Å². The summed E-state index contributed by atoms with van der Waals surface area (Å²) in [6.07, 6.45) is -22.3. The molecule has 0 unspecified atom stereocenters. The first-order chi connectivity index (χ1) is 14.1. The highest BCUT2D eigenvalue weighted by Crippen LogP contribution is 2.36. The Kier molecular flexibility index (Phi) is 7.23. The van der Waals surface area contributed by atoms with E-state index in [0.29, 0.717) is 4.90 Å². The van der Waals surface area contributed by atoms with E-state index in [4.69, 9.17) is 4.74 Å². The van der Waals surface area contributed by atoms with Gasteiger partial charge in [-0.15, -0.1) is 0 Å². The van der Waals surface area contributed by atoms with Crippen molar-refractivity contribution in [2.24, 2.45) is 0 Å². The quantitative estimate of drug-likeness (QED) is 0.613. The smallest absolute Gasteiger partial charge is 0.434 e. The lowest BCUT2D eigenvalue weighted by Crippen LogP contribution is -2.52. The number of carbonyl (C=O) groups is 1. The molecule has 31 heavy (non-hydrogen) atoms. The van der Waals surface area contributed by atoms with Crippen LogP contribution in [0.1, 0.15) is 11.1 Å². The largest absolute Gasteiger partial charge is 0.497 e. The highest BCUT2D eigenvalue weighted by molar-refractivity contribution is 5.68. The molecule has 1 heterocycles. The summed E-state index contributed by atoms with van der Waals surface area (Å²) >= 11 is 0. The van der Waals surface area contributed by atoms with Crippen molar-refractivity contribution in [3.05, 3.63) is 29.3 Å². The molecule has 0 spiro atoms. The maximum atomic E-state index is 13.0. The van der Waals surface area contributed by atoms with Crippen LogP contribution in [0.5, 0.6) is 5.75 Å². The molecule has 2 rings (SSSR count). The summed E-state index contributed by atoms with van der Waals surface area (Å²) in [5.74, 6) is -0.0302. The predicted molar refractivity (Wildman–Crippen MR) is 87.2 cm³/mol. The first-order valence-corrected chi connectivity index (χ1v) is 8.67. The van der Waals surface area contributed by atoms with Crippen molar-refractivity contribution in [1.82, 2.24) is 9.80 Å². The average molecular weight is 468 g/mol. The molecule has 0 radical (unpaired) electrons. The second-order valence-electron chi connectivity index (χ2n) is 6.68. The molecule has 0 N–H and O–H groups in total. The van der Waals surface area contributed by atoms with Crippen LogP contribution in [0.25, 0.3) is 0 Å². The van der Waals surface area contributed by atoms with Crippen molar-refractivity contribution in [3.8, 4) is 5.75 Å². The van der Waals surface area contributed by atoms with Gasteiger partial charge in [0.15, 0.2) is 0 Å². The molecule has 14 heteroatoms. The van der Waals surface area contributed by atoms with Crippen LogP contribution >= 0.6 is 0 Å². The summed E-state index contributed by atoms with van der Waals surface area (Å²) < 4.78 is 123. The molecular weight excluding hydrogens is 451 g/mol. The third-order valence-electron chi connectivity index (χ3n) is 4.38. The van der Waals surface area contributed by atoms with E-state index < -0.39 is 36.3 Å². The number of alkyl halides is 9. The number of ether oxygens (including phenoxy) is 2. The fourth-order valence-electron chi connectivity index (χ4n) is 2.87. The molecule has 176 valence electrons. The maximum Gasteiger partial charge on any atom is 0.434 e. The van der Waals surface area contributed by atoms with Crippen LogP contribution in [0.3, 0.4) is 0 Å². The van der Waals surface area contributed by atoms with Gasteiger partial charge in [0.05, 0.1) is 12.7 Å². The molecule has 1 aliphatic rings. The monoisotopic (exact) mass is 468 g/mol. The molecule has 0 bridgehead atoms. The molecule has 0 aromatic heterocycles. The number of hydrogen-bond acceptors (Lipinski definition) is 4. The maximum absolute atomic E-state index is 13.0. The van der Waals surface area contributed by atoms with Gasteiger partial charge in [0.1, 0.15) is 5.75 Å². The minimum atomic E-state index is -5.82. The van der Waals surface area contributed by atoms with Gasteiger partial charge in [-0.25, -0.2) is 4.79 Å². The Hall–Kier alpha value is -2.38. The topological polar surface area (TPSA) is 42.0 Å². The van der Waals surface area contributed by atoms with Gasteiger partial charge >= 0.3 is 24.6 Å². The molecule has 1 saturated heterocycles. The number of hydrogen-bond donors (Lipinski definition) is 0. The van der Waals surface area contributed by atoms with Crippen molar-refractivity contribution < 1.29 is 53.8 Å². The van der Waals surface area contributed by atoms with Crippen LogP contribution < -0.4 is 4.74 Å². The number of rotatable bonds is 4. The molecule has 0 aliphatic carbocycles. The van der Waals surface area contributed by atoms with E-state index in [0.717, 1.165) is 12.1 Å². The van der Waals surface area contributed by atoms with Gasteiger partial charge in [0, 0.05) is 32.7 Å². The summed E-state index contributed by atoms with van der Waals surface area (Å²) in [6.45, 7) is -0.543. The second-order valence-corrected chi connectivity index (χ2v) is 6.68. The molecule has 0 saturated carbocycles. The lowest BCUT2D eigenvalue weighted by atomic mass is 10.1. The zero-order chi connectivity index (χ0) is 23.6. The number of halogens is 9. The van der Waals surface area contributed by atoms with Crippen molar-refractivity contribution in [2.75, 3.05) is 33.3 Å². The van der Waals surface area contributed by atoms with E-state index >= 15 is 0 Å². The minimum absolute atomic E-state index is 0.00308. The zero-order valence-corrected chi connectivity index (χ0v) is 15.9. The van der Waals surface area contributed by atoms with Gasteiger partial charge in [0.2, 0.25) is 0 Å². The highest BCUT2D eigenvalue weighted by atomic mass is 19.4.